The first kappa shape index (κ1) is 24.3. The highest BCUT2D eigenvalue weighted by molar-refractivity contribution is 7.93. The number of hydrogen-bond donors (Lipinski definition) is 0. The Bertz CT molecular complexity index is 1110. The second kappa shape index (κ2) is 9.64. The molecule has 2 unspecified atom stereocenters. The quantitative estimate of drug-likeness (QED) is 0.426. The van der Waals surface area contributed by atoms with Crippen molar-refractivity contribution >= 4 is 50.5 Å². The molecule has 1 aliphatic heterocycles. The summed E-state index contributed by atoms with van der Waals surface area (Å²) in [5.74, 6) is 0.243. The summed E-state index contributed by atoms with van der Waals surface area (Å²) in [5, 5.41) is 11.4. The first-order chi connectivity index (χ1) is 15.0. The number of carbonyl (C=O) groups is 1. The zero-order valence-corrected chi connectivity index (χ0v) is 19.9. The summed E-state index contributed by atoms with van der Waals surface area (Å²) in [7, 11) is -4.41. The highest BCUT2D eigenvalue weighted by Crippen LogP contribution is 2.32. The summed E-state index contributed by atoms with van der Waals surface area (Å²) in [6.07, 6.45) is 0.992. The summed E-state index contributed by atoms with van der Waals surface area (Å²) in [5.41, 5.74) is -0.225. The van der Waals surface area contributed by atoms with Gasteiger partial charge >= 0.3 is 0 Å². The van der Waals surface area contributed by atoms with Gasteiger partial charge in [0.1, 0.15) is 11.4 Å². The van der Waals surface area contributed by atoms with Crippen LogP contribution >= 0.6 is 23.2 Å². The Balaban J connectivity index is 2.03. The molecular weight excluding hydrogens is 477 g/mol. The maximum absolute atomic E-state index is 13.6. The highest BCUT2D eigenvalue weighted by Gasteiger charge is 2.33. The summed E-state index contributed by atoms with van der Waals surface area (Å²) in [6, 6.07) is 9.13. The topological polar surface area (TPSA) is 101 Å². The van der Waals surface area contributed by atoms with Crippen LogP contribution in [-0.4, -0.2) is 43.8 Å². The number of sulfonamides is 1. The fourth-order valence-corrected chi connectivity index (χ4v) is 5.97. The number of anilines is 1. The van der Waals surface area contributed by atoms with Crippen LogP contribution in [0.3, 0.4) is 0 Å². The van der Waals surface area contributed by atoms with Crippen molar-refractivity contribution in [3.63, 3.8) is 0 Å². The number of nitrogens with zero attached hydrogens (tertiary/aromatic N) is 3. The third kappa shape index (κ3) is 5.33. The second-order valence-electron chi connectivity index (χ2n) is 8.10. The number of rotatable bonds is 6. The van der Waals surface area contributed by atoms with Crippen molar-refractivity contribution in [2.75, 3.05) is 23.9 Å². The first-order valence-electron chi connectivity index (χ1n) is 9.99. The molecule has 1 fully saturated rings. The normalized spacial score (nSPS) is 18.9. The zero-order valence-electron chi connectivity index (χ0n) is 17.6. The van der Waals surface area contributed by atoms with Gasteiger partial charge in [0, 0.05) is 30.2 Å². The van der Waals surface area contributed by atoms with Gasteiger partial charge in [0.15, 0.2) is 0 Å². The van der Waals surface area contributed by atoms with Crippen LogP contribution in [0.4, 0.5) is 11.4 Å². The van der Waals surface area contributed by atoms with Crippen LogP contribution in [-0.2, 0) is 14.8 Å². The summed E-state index contributed by atoms with van der Waals surface area (Å²) in [6.45, 7) is 4.70. The third-order valence-electron chi connectivity index (χ3n) is 5.31. The van der Waals surface area contributed by atoms with E-state index in [-0.39, 0.29) is 16.6 Å². The van der Waals surface area contributed by atoms with Crippen LogP contribution in [0, 0.1) is 22.0 Å². The van der Waals surface area contributed by atoms with Gasteiger partial charge in [-0.25, -0.2) is 8.42 Å². The standard InChI is InChI=1S/C21H23Cl2N3O5S/c1-14-9-15(2)12-24(11-14)21(27)13-25(17-5-3-16(22)4-6-17)32(30,31)20-10-18(26(28)29)7-8-19(20)23/h3-8,10,14-15H,9,11-13H2,1-2H3. The van der Waals surface area contributed by atoms with Crippen LogP contribution < -0.4 is 4.31 Å². The lowest BCUT2D eigenvalue weighted by atomic mass is 9.92. The number of piperidine rings is 1. The Morgan fingerprint density at radius 3 is 2.28 bits per heavy atom. The van der Waals surface area contributed by atoms with E-state index in [1.54, 1.807) is 4.90 Å². The molecule has 0 spiro atoms. The van der Waals surface area contributed by atoms with Gasteiger partial charge in [-0.15, -0.1) is 0 Å². The molecule has 172 valence electrons. The van der Waals surface area contributed by atoms with Gasteiger partial charge in [0.05, 0.1) is 15.6 Å². The van der Waals surface area contributed by atoms with E-state index in [1.165, 1.54) is 24.3 Å². The Hall–Kier alpha value is -2.36. The Morgan fingerprint density at radius 2 is 1.72 bits per heavy atom. The molecule has 1 saturated heterocycles. The predicted molar refractivity (Wildman–Crippen MR) is 124 cm³/mol. The van der Waals surface area contributed by atoms with Crippen molar-refractivity contribution in [3.8, 4) is 0 Å². The van der Waals surface area contributed by atoms with Crippen LogP contribution in [0.5, 0.6) is 0 Å². The van der Waals surface area contributed by atoms with Gasteiger partial charge < -0.3 is 4.90 Å². The Labute approximate surface area is 196 Å². The smallest absolute Gasteiger partial charge is 0.270 e. The molecule has 0 aliphatic carbocycles. The molecule has 1 aliphatic rings. The lowest BCUT2D eigenvalue weighted by Crippen LogP contribution is -2.48. The van der Waals surface area contributed by atoms with Gasteiger partial charge in [-0.05, 0) is 48.6 Å². The number of benzene rings is 2. The number of non-ortho nitro benzene ring substituents is 1. The van der Waals surface area contributed by atoms with E-state index in [9.17, 15) is 23.3 Å². The molecule has 0 N–H and O–H groups in total. The minimum atomic E-state index is -4.41. The van der Waals surface area contributed by atoms with E-state index >= 15 is 0 Å². The second-order valence-corrected chi connectivity index (χ2v) is 10.8. The summed E-state index contributed by atoms with van der Waals surface area (Å²) < 4.78 is 28.1. The molecule has 8 nitrogen and oxygen atoms in total. The molecule has 3 rings (SSSR count). The van der Waals surface area contributed by atoms with Crippen LogP contribution in [0.25, 0.3) is 0 Å². The van der Waals surface area contributed by atoms with Crippen molar-refractivity contribution in [2.45, 2.75) is 25.2 Å². The Morgan fingerprint density at radius 1 is 1.12 bits per heavy atom. The van der Waals surface area contributed by atoms with E-state index in [2.05, 4.69) is 0 Å². The third-order valence-corrected chi connectivity index (χ3v) is 7.82. The number of nitro groups is 1. The average Bonchev–Trinajstić information content (AvgIpc) is 2.71. The number of carbonyl (C=O) groups excluding carboxylic acids is 1. The average molecular weight is 500 g/mol. The minimum Gasteiger partial charge on any atom is -0.341 e. The molecule has 2 aromatic carbocycles. The number of likely N-dealkylation sites (tertiary alicyclic amines) is 1. The number of halogens is 2. The van der Waals surface area contributed by atoms with Crippen molar-refractivity contribution < 1.29 is 18.1 Å². The first-order valence-corrected chi connectivity index (χ1v) is 12.2. The van der Waals surface area contributed by atoms with Crippen LogP contribution in [0.15, 0.2) is 47.4 Å². The largest absolute Gasteiger partial charge is 0.341 e. The molecule has 32 heavy (non-hydrogen) atoms. The van der Waals surface area contributed by atoms with Crippen molar-refractivity contribution in [1.82, 2.24) is 4.90 Å². The predicted octanol–water partition coefficient (Wildman–Crippen LogP) is 4.60. The van der Waals surface area contributed by atoms with Crippen molar-refractivity contribution in [1.29, 1.82) is 0 Å². The van der Waals surface area contributed by atoms with Gasteiger partial charge in [0.25, 0.3) is 15.7 Å². The van der Waals surface area contributed by atoms with E-state index in [0.29, 0.717) is 29.9 Å². The monoisotopic (exact) mass is 499 g/mol. The number of hydrogen-bond acceptors (Lipinski definition) is 5. The van der Waals surface area contributed by atoms with Gasteiger partial charge in [-0.3, -0.25) is 19.2 Å². The fourth-order valence-electron chi connectivity index (χ4n) is 3.93. The SMILES string of the molecule is CC1CC(C)CN(C(=O)CN(c2ccc(Cl)cc2)S(=O)(=O)c2cc([N+](=O)[O-])ccc2Cl)C1. The molecule has 2 aromatic rings. The molecule has 0 saturated carbocycles. The molecule has 1 amide bonds. The minimum absolute atomic E-state index is 0.178. The lowest BCUT2D eigenvalue weighted by Gasteiger charge is -2.36. The van der Waals surface area contributed by atoms with Gasteiger partial charge in [-0.2, -0.15) is 0 Å². The fraction of sp³-hybridized carbons (Fsp3) is 0.381. The van der Waals surface area contributed by atoms with Gasteiger partial charge in [0.2, 0.25) is 5.91 Å². The molecule has 11 heteroatoms. The Kier molecular flexibility index (Phi) is 7.32. The van der Waals surface area contributed by atoms with Crippen molar-refractivity contribution in [2.24, 2.45) is 11.8 Å². The van der Waals surface area contributed by atoms with E-state index < -0.39 is 32.1 Å². The highest BCUT2D eigenvalue weighted by atomic mass is 35.5. The van der Waals surface area contributed by atoms with Crippen LogP contribution in [0.2, 0.25) is 10.0 Å². The number of amides is 1. The van der Waals surface area contributed by atoms with E-state index in [1.807, 2.05) is 13.8 Å². The molecule has 2 atom stereocenters. The maximum atomic E-state index is 13.6. The zero-order chi connectivity index (χ0) is 23.6. The molecule has 0 aromatic heterocycles. The molecule has 0 radical (unpaired) electrons. The van der Waals surface area contributed by atoms with E-state index in [0.717, 1.165) is 28.9 Å². The summed E-state index contributed by atoms with van der Waals surface area (Å²) >= 11 is 12.1. The van der Waals surface area contributed by atoms with Crippen LogP contribution in [0.1, 0.15) is 20.3 Å². The lowest BCUT2D eigenvalue weighted by molar-refractivity contribution is -0.385. The van der Waals surface area contributed by atoms with Crippen molar-refractivity contribution in [3.05, 3.63) is 62.6 Å². The molecule has 1 heterocycles. The molecule has 0 bridgehead atoms. The van der Waals surface area contributed by atoms with E-state index in [4.69, 9.17) is 23.2 Å². The maximum Gasteiger partial charge on any atom is 0.270 e. The number of nitro benzene ring substituents is 1. The van der Waals surface area contributed by atoms with Gasteiger partial charge in [-0.1, -0.05) is 37.0 Å². The summed E-state index contributed by atoms with van der Waals surface area (Å²) in [4.78, 5) is 24.8. The molecular formula is C21H23Cl2N3O5S.